The molecule has 1 N–H and O–H groups in total. The standard InChI is InChI=1S/C16H18N2/c1-17-16-7-5-14-10-12(4-6-15(14)16)9-13-3-2-8-18-11-13/h2-4,6,8,10-11,16-17H,5,7,9H2,1H3. The lowest BCUT2D eigenvalue weighted by atomic mass is 10.0. The van der Waals surface area contributed by atoms with Gasteiger partial charge in [-0.25, -0.2) is 0 Å². The van der Waals surface area contributed by atoms with Gasteiger partial charge in [-0.1, -0.05) is 24.3 Å². The number of fused-ring (bicyclic) bond motifs is 1. The van der Waals surface area contributed by atoms with Crippen molar-refractivity contribution in [1.82, 2.24) is 10.3 Å². The second-order valence-electron chi connectivity index (χ2n) is 4.95. The van der Waals surface area contributed by atoms with E-state index in [0.29, 0.717) is 6.04 Å². The van der Waals surface area contributed by atoms with Crippen LogP contribution in [-0.4, -0.2) is 12.0 Å². The predicted molar refractivity (Wildman–Crippen MR) is 73.6 cm³/mol. The van der Waals surface area contributed by atoms with Crippen molar-refractivity contribution in [2.24, 2.45) is 0 Å². The van der Waals surface area contributed by atoms with Gasteiger partial charge in [-0.15, -0.1) is 0 Å². The summed E-state index contributed by atoms with van der Waals surface area (Å²) in [5, 5.41) is 3.38. The molecule has 1 aromatic carbocycles. The van der Waals surface area contributed by atoms with E-state index in [-0.39, 0.29) is 0 Å². The molecule has 0 amide bonds. The van der Waals surface area contributed by atoms with E-state index in [1.165, 1.54) is 35.1 Å². The van der Waals surface area contributed by atoms with Gasteiger partial charge in [0, 0.05) is 18.4 Å². The number of hydrogen-bond acceptors (Lipinski definition) is 2. The van der Waals surface area contributed by atoms with Crippen LogP contribution in [0.2, 0.25) is 0 Å². The number of rotatable bonds is 3. The van der Waals surface area contributed by atoms with Crippen LogP contribution in [0.4, 0.5) is 0 Å². The number of aromatic nitrogens is 1. The Morgan fingerprint density at radius 1 is 1.28 bits per heavy atom. The van der Waals surface area contributed by atoms with Gasteiger partial charge in [0.2, 0.25) is 0 Å². The molecule has 1 aromatic heterocycles. The molecule has 0 saturated carbocycles. The van der Waals surface area contributed by atoms with E-state index >= 15 is 0 Å². The molecule has 1 aliphatic carbocycles. The van der Waals surface area contributed by atoms with Crippen molar-refractivity contribution in [3.8, 4) is 0 Å². The van der Waals surface area contributed by atoms with Crippen molar-refractivity contribution in [1.29, 1.82) is 0 Å². The first kappa shape index (κ1) is 11.4. The van der Waals surface area contributed by atoms with Crippen LogP contribution in [0.3, 0.4) is 0 Å². The fourth-order valence-corrected chi connectivity index (χ4v) is 2.82. The first-order chi connectivity index (χ1) is 8.86. The molecule has 1 atom stereocenters. The molecule has 0 aliphatic heterocycles. The Morgan fingerprint density at radius 3 is 3.00 bits per heavy atom. The van der Waals surface area contributed by atoms with Crippen LogP contribution in [0.1, 0.15) is 34.7 Å². The molecule has 2 nitrogen and oxygen atoms in total. The Labute approximate surface area is 108 Å². The van der Waals surface area contributed by atoms with Gasteiger partial charge >= 0.3 is 0 Å². The summed E-state index contributed by atoms with van der Waals surface area (Å²) in [4.78, 5) is 4.17. The number of hydrogen-bond donors (Lipinski definition) is 1. The van der Waals surface area contributed by atoms with Gasteiger partial charge in [-0.3, -0.25) is 4.98 Å². The second kappa shape index (κ2) is 4.91. The van der Waals surface area contributed by atoms with Crippen LogP contribution in [0.15, 0.2) is 42.7 Å². The van der Waals surface area contributed by atoms with Crippen molar-refractivity contribution in [3.63, 3.8) is 0 Å². The summed E-state index contributed by atoms with van der Waals surface area (Å²) in [6.45, 7) is 0. The number of pyridine rings is 1. The summed E-state index contributed by atoms with van der Waals surface area (Å²) >= 11 is 0. The Balaban J connectivity index is 1.84. The summed E-state index contributed by atoms with van der Waals surface area (Å²) in [5.74, 6) is 0. The minimum atomic E-state index is 0.549. The van der Waals surface area contributed by atoms with Gasteiger partial charge in [-0.2, -0.15) is 0 Å². The van der Waals surface area contributed by atoms with Crippen LogP contribution < -0.4 is 5.32 Å². The quantitative estimate of drug-likeness (QED) is 0.889. The molecule has 0 fully saturated rings. The van der Waals surface area contributed by atoms with Crippen LogP contribution >= 0.6 is 0 Å². The van der Waals surface area contributed by atoms with Gasteiger partial charge in [0.25, 0.3) is 0 Å². The topological polar surface area (TPSA) is 24.9 Å². The van der Waals surface area contributed by atoms with E-state index in [1.54, 1.807) is 0 Å². The lowest BCUT2D eigenvalue weighted by molar-refractivity contribution is 0.590. The third-order valence-electron chi connectivity index (χ3n) is 3.76. The first-order valence-electron chi connectivity index (χ1n) is 6.54. The fraction of sp³-hybridized carbons (Fsp3) is 0.312. The van der Waals surface area contributed by atoms with Crippen LogP contribution in [-0.2, 0) is 12.8 Å². The Morgan fingerprint density at radius 2 is 2.22 bits per heavy atom. The maximum Gasteiger partial charge on any atom is 0.0323 e. The zero-order valence-corrected chi connectivity index (χ0v) is 10.7. The number of nitrogens with one attached hydrogen (secondary N) is 1. The summed E-state index contributed by atoms with van der Waals surface area (Å²) in [6, 6.07) is 11.6. The average molecular weight is 238 g/mol. The molecule has 18 heavy (non-hydrogen) atoms. The molecule has 2 heteroatoms. The zero-order valence-electron chi connectivity index (χ0n) is 10.7. The van der Waals surface area contributed by atoms with Crippen molar-refractivity contribution < 1.29 is 0 Å². The zero-order chi connectivity index (χ0) is 12.4. The van der Waals surface area contributed by atoms with Crippen LogP contribution in [0.25, 0.3) is 0 Å². The first-order valence-corrected chi connectivity index (χ1v) is 6.54. The third kappa shape index (κ3) is 2.16. The Kier molecular flexibility index (Phi) is 3.11. The minimum Gasteiger partial charge on any atom is -0.313 e. The molecule has 0 saturated heterocycles. The Bertz CT molecular complexity index is 534. The molecule has 92 valence electrons. The second-order valence-corrected chi connectivity index (χ2v) is 4.95. The lowest BCUT2D eigenvalue weighted by Crippen LogP contribution is -2.12. The predicted octanol–water partition coefficient (Wildman–Crippen LogP) is 2.88. The highest BCUT2D eigenvalue weighted by atomic mass is 14.9. The summed E-state index contributed by atoms with van der Waals surface area (Å²) in [5.41, 5.74) is 5.65. The monoisotopic (exact) mass is 238 g/mol. The normalized spacial score (nSPS) is 17.7. The van der Waals surface area contributed by atoms with E-state index in [4.69, 9.17) is 0 Å². The molecule has 0 radical (unpaired) electrons. The maximum absolute atomic E-state index is 4.17. The number of benzene rings is 1. The molecule has 1 unspecified atom stereocenters. The molecule has 2 aromatic rings. The van der Waals surface area contributed by atoms with E-state index < -0.39 is 0 Å². The number of nitrogens with zero attached hydrogens (tertiary/aromatic N) is 1. The molecule has 0 bridgehead atoms. The van der Waals surface area contributed by atoms with Crippen molar-refractivity contribution in [2.45, 2.75) is 25.3 Å². The smallest absolute Gasteiger partial charge is 0.0323 e. The molecule has 1 aliphatic rings. The molecule has 0 spiro atoms. The summed E-state index contributed by atoms with van der Waals surface area (Å²) < 4.78 is 0. The lowest BCUT2D eigenvalue weighted by Gasteiger charge is -2.10. The van der Waals surface area contributed by atoms with Crippen molar-refractivity contribution in [2.75, 3.05) is 7.05 Å². The SMILES string of the molecule is CNC1CCc2cc(Cc3cccnc3)ccc21. The van der Waals surface area contributed by atoms with Gasteiger partial charge in [0.05, 0.1) is 0 Å². The third-order valence-corrected chi connectivity index (χ3v) is 3.76. The van der Waals surface area contributed by atoms with Crippen LogP contribution in [0.5, 0.6) is 0 Å². The van der Waals surface area contributed by atoms with Crippen molar-refractivity contribution >= 4 is 0 Å². The summed E-state index contributed by atoms with van der Waals surface area (Å²) in [7, 11) is 2.04. The highest BCUT2D eigenvalue weighted by molar-refractivity contribution is 5.39. The number of aryl methyl sites for hydroxylation is 1. The maximum atomic E-state index is 4.17. The largest absolute Gasteiger partial charge is 0.313 e. The van der Waals surface area contributed by atoms with E-state index in [1.807, 2.05) is 25.5 Å². The highest BCUT2D eigenvalue weighted by Crippen LogP contribution is 2.31. The van der Waals surface area contributed by atoms with Gasteiger partial charge in [0.15, 0.2) is 0 Å². The van der Waals surface area contributed by atoms with E-state index in [0.717, 1.165) is 6.42 Å². The molecular weight excluding hydrogens is 220 g/mol. The molecular formula is C16H18N2. The Hall–Kier alpha value is -1.67. The van der Waals surface area contributed by atoms with Crippen LogP contribution in [0, 0.1) is 0 Å². The van der Waals surface area contributed by atoms with Gasteiger partial charge in [0.1, 0.15) is 0 Å². The average Bonchev–Trinajstić information content (AvgIpc) is 2.82. The van der Waals surface area contributed by atoms with Gasteiger partial charge < -0.3 is 5.32 Å². The van der Waals surface area contributed by atoms with E-state index in [2.05, 4.69) is 34.6 Å². The summed E-state index contributed by atoms with van der Waals surface area (Å²) in [6.07, 6.45) is 7.17. The van der Waals surface area contributed by atoms with E-state index in [9.17, 15) is 0 Å². The van der Waals surface area contributed by atoms with Gasteiger partial charge in [-0.05, 0) is 54.6 Å². The molecule has 3 rings (SSSR count). The highest BCUT2D eigenvalue weighted by Gasteiger charge is 2.20. The minimum absolute atomic E-state index is 0.549. The van der Waals surface area contributed by atoms with Crippen molar-refractivity contribution in [3.05, 3.63) is 65.0 Å². The molecule has 1 heterocycles. The fourth-order valence-electron chi connectivity index (χ4n) is 2.82.